The highest BCUT2D eigenvalue weighted by Crippen LogP contribution is 2.24. The molecule has 0 fully saturated rings. The molecular formula is C11H7N3O4. The first-order valence-electron chi connectivity index (χ1n) is 5.04. The zero-order valence-electron chi connectivity index (χ0n) is 8.99. The van der Waals surface area contributed by atoms with E-state index in [9.17, 15) is 9.59 Å². The SMILES string of the molecule is NC(=O)OOC(=O)n1c2ccc3cccc1c3n2. The molecule has 2 N–H and O–H groups in total. The molecule has 7 nitrogen and oxygen atoms in total. The Bertz CT molecular complexity index is 749. The van der Waals surface area contributed by atoms with Gasteiger partial charge in [0, 0.05) is 5.39 Å². The van der Waals surface area contributed by atoms with E-state index in [1.54, 1.807) is 18.2 Å². The summed E-state index contributed by atoms with van der Waals surface area (Å²) >= 11 is 0. The van der Waals surface area contributed by atoms with Crippen LogP contribution in [0.15, 0.2) is 30.3 Å². The number of nitrogens with two attached hydrogens (primary N) is 1. The molecular weight excluding hydrogens is 238 g/mol. The van der Waals surface area contributed by atoms with Gasteiger partial charge in [-0.1, -0.05) is 12.1 Å². The van der Waals surface area contributed by atoms with Gasteiger partial charge in [0.1, 0.15) is 5.65 Å². The number of rotatable bonds is 0. The maximum atomic E-state index is 11.8. The lowest BCUT2D eigenvalue weighted by atomic mass is 10.2. The molecule has 18 heavy (non-hydrogen) atoms. The van der Waals surface area contributed by atoms with Gasteiger partial charge in [0.25, 0.3) is 0 Å². The predicted octanol–water partition coefficient (Wildman–Crippen LogP) is 1.62. The van der Waals surface area contributed by atoms with Crippen LogP contribution >= 0.6 is 0 Å². The third-order valence-electron chi connectivity index (χ3n) is 2.53. The Morgan fingerprint density at radius 1 is 1.17 bits per heavy atom. The summed E-state index contributed by atoms with van der Waals surface area (Å²) in [5.74, 6) is 0. The second-order valence-corrected chi connectivity index (χ2v) is 3.61. The number of amides is 1. The lowest BCUT2D eigenvalue weighted by molar-refractivity contribution is -0.174. The van der Waals surface area contributed by atoms with Gasteiger partial charge in [-0.15, -0.1) is 0 Å². The molecule has 0 radical (unpaired) electrons. The van der Waals surface area contributed by atoms with Gasteiger partial charge < -0.3 is 5.73 Å². The minimum atomic E-state index is -1.19. The zero-order chi connectivity index (χ0) is 12.7. The number of hydrogen-bond donors (Lipinski definition) is 1. The Balaban J connectivity index is 2.10. The number of imidazole rings is 1. The summed E-state index contributed by atoms with van der Waals surface area (Å²) in [5, 5.41) is 0.905. The summed E-state index contributed by atoms with van der Waals surface area (Å²) in [4.78, 5) is 34.7. The first-order valence-corrected chi connectivity index (χ1v) is 5.04. The monoisotopic (exact) mass is 245 g/mol. The second kappa shape index (κ2) is 3.59. The van der Waals surface area contributed by atoms with Gasteiger partial charge in [-0.2, -0.15) is 0 Å². The van der Waals surface area contributed by atoms with Crippen molar-refractivity contribution in [3.05, 3.63) is 30.3 Å². The normalized spacial score (nSPS) is 10.9. The third kappa shape index (κ3) is 1.41. The summed E-state index contributed by atoms with van der Waals surface area (Å²) in [6.45, 7) is 0. The summed E-state index contributed by atoms with van der Waals surface area (Å²) in [7, 11) is 0. The van der Waals surface area contributed by atoms with Crippen LogP contribution in [0.1, 0.15) is 0 Å². The minimum absolute atomic E-state index is 0.404. The number of primary amides is 1. The fourth-order valence-corrected chi connectivity index (χ4v) is 1.86. The van der Waals surface area contributed by atoms with E-state index >= 15 is 0 Å². The molecule has 0 aliphatic heterocycles. The fourth-order valence-electron chi connectivity index (χ4n) is 1.86. The van der Waals surface area contributed by atoms with Crippen LogP contribution in [-0.4, -0.2) is 21.7 Å². The van der Waals surface area contributed by atoms with Gasteiger partial charge in [0.15, 0.2) is 0 Å². The Hall–Kier alpha value is -2.83. The molecule has 2 heterocycles. The molecule has 0 aliphatic carbocycles. The highest BCUT2D eigenvalue weighted by atomic mass is 17.2. The van der Waals surface area contributed by atoms with E-state index in [1.165, 1.54) is 4.57 Å². The predicted molar refractivity (Wildman–Crippen MR) is 61.0 cm³/mol. The van der Waals surface area contributed by atoms with Crippen molar-refractivity contribution in [3.63, 3.8) is 0 Å². The number of benzene rings is 1. The highest BCUT2D eigenvalue weighted by molar-refractivity contribution is 6.02. The van der Waals surface area contributed by atoms with E-state index < -0.39 is 12.2 Å². The number of fused-ring (bicyclic) bond motifs is 1. The molecule has 2 aromatic heterocycles. The van der Waals surface area contributed by atoms with Crippen molar-refractivity contribution in [2.24, 2.45) is 5.73 Å². The lowest BCUT2D eigenvalue weighted by Crippen LogP contribution is -2.20. The van der Waals surface area contributed by atoms with Crippen LogP contribution in [0.5, 0.6) is 0 Å². The summed E-state index contributed by atoms with van der Waals surface area (Å²) in [6, 6.07) is 8.89. The van der Waals surface area contributed by atoms with Gasteiger partial charge in [-0.3, -0.25) is 0 Å². The third-order valence-corrected chi connectivity index (χ3v) is 2.53. The van der Waals surface area contributed by atoms with Gasteiger partial charge in [0.2, 0.25) is 0 Å². The van der Waals surface area contributed by atoms with Gasteiger partial charge >= 0.3 is 12.2 Å². The quantitative estimate of drug-likeness (QED) is 0.479. The van der Waals surface area contributed by atoms with Crippen LogP contribution in [0.4, 0.5) is 9.59 Å². The average Bonchev–Trinajstić information content (AvgIpc) is 2.71. The lowest BCUT2D eigenvalue weighted by Gasteiger charge is -2.02. The van der Waals surface area contributed by atoms with Crippen LogP contribution in [0, 0.1) is 0 Å². The maximum absolute atomic E-state index is 11.8. The van der Waals surface area contributed by atoms with Gasteiger partial charge in [-0.25, -0.2) is 28.9 Å². The number of pyridine rings is 1. The first-order chi connectivity index (χ1) is 8.66. The minimum Gasteiger partial charge on any atom is -0.332 e. The van der Waals surface area contributed by atoms with Gasteiger partial charge in [0.05, 0.1) is 11.0 Å². The number of carbonyl (C=O) groups excluding carboxylic acids is 2. The summed E-state index contributed by atoms with van der Waals surface area (Å²) in [5.41, 5.74) is 6.38. The molecule has 1 aromatic carbocycles. The van der Waals surface area contributed by atoms with E-state index in [1.807, 2.05) is 12.1 Å². The molecule has 1 amide bonds. The molecule has 0 saturated heterocycles. The molecule has 3 rings (SSSR count). The van der Waals surface area contributed by atoms with Crippen molar-refractivity contribution in [1.82, 2.24) is 9.55 Å². The van der Waals surface area contributed by atoms with Crippen LogP contribution < -0.4 is 5.73 Å². The molecule has 0 aliphatic rings. The largest absolute Gasteiger partial charge is 0.463 e. The average molecular weight is 245 g/mol. The summed E-state index contributed by atoms with van der Waals surface area (Å²) < 4.78 is 1.20. The van der Waals surface area contributed by atoms with E-state index in [0.29, 0.717) is 16.7 Å². The van der Waals surface area contributed by atoms with Gasteiger partial charge in [-0.05, 0) is 18.2 Å². The Kier molecular flexibility index (Phi) is 2.06. The van der Waals surface area contributed by atoms with Crippen molar-refractivity contribution in [2.45, 2.75) is 0 Å². The Morgan fingerprint density at radius 3 is 2.78 bits per heavy atom. The number of aromatic nitrogens is 2. The number of para-hydroxylation sites is 1. The molecule has 0 atom stereocenters. The van der Waals surface area contributed by atoms with Crippen molar-refractivity contribution < 1.29 is 19.4 Å². The molecule has 7 heteroatoms. The number of carbonyl (C=O) groups is 2. The molecule has 3 aromatic rings. The van der Waals surface area contributed by atoms with E-state index in [2.05, 4.69) is 14.8 Å². The first kappa shape index (κ1) is 10.3. The molecule has 0 saturated carbocycles. The Labute approximate surface area is 100.0 Å². The Morgan fingerprint density at radius 2 is 2.00 bits per heavy atom. The fraction of sp³-hybridized carbons (Fsp3) is 0. The topological polar surface area (TPSA) is 96.4 Å². The smallest absolute Gasteiger partial charge is 0.332 e. The maximum Gasteiger partial charge on any atom is 0.463 e. The van der Waals surface area contributed by atoms with Crippen molar-refractivity contribution >= 4 is 34.3 Å². The van der Waals surface area contributed by atoms with Crippen LogP contribution in [0.3, 0.4) is 0 Å². The standard InChI is InChI=1S/C11H7N3O4/c12-10(15)17-18-11(16)14-7-3-1-2-6-4-5-8(14)13-9(6)7/h1-5H,(H2,12,15). The molecule has 0 unspecified atom stereocenters. The molecule has 2 bridgehead atoms. The van der Waals surface area contributed by atoms with Crippen LogP contribution in [0.25, 0.3) is 22.1 Å². The van der Waals surface area contributed by atoms with E-state index in [0.717, 1.165) is 5.39 Å². The number of hydrogen-bond acceptors (Lipinski definition) is 5. The van der Waals surface area contributed by atoms with Crippen LogP contribution in [0.2, 0.25) is 0 Å². The molecule has 0 spiro atoms. The van der Waals surface area contributed by atoms with E-state index in [4.69, 9.17) is 5.73 Å². The van der Waals surface area contributed by atoms with Crippen molar-refractivity contribution in [3.8, 4) is 0 Å². The zero-order valence-corrected chi connectivity index (χ0v) is 8.99. The second-order valence-electron chi connectivity index (χ2n) is 3.61. The van der Waals surface area contributed by atoms with Crippen LogP contribution in [-0.2, 0) is 9.78 Å². The molecule has 90 valence electrons. The van der Waals surface area contributed by atoms with Crippen molar-refractivity contribution in [2.75, 3.05) is 0 Å². The summed E-state index contributed by atoms with van der Waals surface area (Å²) in [6.07, 6.45) is -2.07. The van der Waals surface area contributed by atoms with Crippen molar-refractivity contribution in [1.29, 1.82) is 0 Å². The van der Waals surface area contributed by atoms with E-state index in [-0.39, 0.29) is 0 Å². The highest BCUT2D eigenvalue weighted by Gasteiger charge is 2.18. The number of nitrogens with zero attached hydrogens (tertiary/aromatic N) is 2.